The number of hydrogen-bond donors (Lipinski definition) is 1. The van der Waals surface area contributed by atoms with Crippen LogP contribution < -0.4 is 4.74 Å². The number of halogens is 1. The van der Waals surface area contributed by atoms with Gasteiger partial charge in [0.1, 0.15) is 23.1 Å². The third kappa shape index (κ3) is 3.70. The molecule has 0 saturated carbocycles. The lowest BCUT2D eigenvalue weighted by atomic mass is 9.94. The number of carbonyl (C=O) groups excluding carboxylic acids is 2. The highest BCUT2D eigenvalue weighted by atomic mass is 19.1. The molecule has 158 valence electrons. The fourth-order valence-corrected chi connectivity index (χ4v) is 3.76. The van der Waals surface area contributed by atoms with Gasteiger partial charge in [-0.2, -0.15) is 0 Å². The number of nitrogens with zero attached hydrogens (tertiary/aromatic N) is 1. The van der Waals surface area contributed by atoms with Crippen molar-refractivity contribution in [1.29, 1.82) is 0 Å². The van der Waals surface area contributed by atoms with Gasteiger partial charge in [-0.05, 0) is 48.9 Å². The van der Waals surface area contributed by atoms with E-state index in [1.54, 1.807) is 24.3 Å². The first-order chi connectivity index (χ1) is 14.9. The highest BCUT2D eigenvalue weighted by Crippen LogP contribution is 2.41. The van der Waals surface area contributed by atoms with Crippen molar-refractivity contribution in [2.75, 3.05) is 7.11 Å². The minimum atomic E-state index is -0.920. The molecule has 0 bridgehead atoms. The lowest BCUT2D eigenvalue weighted by Crippen LogP contribution is -2.29. The van der Waals surface area contributed by atoms with Gasteiger partial charge < -0.3 is 19.2 Å². The first-order valence-electron chi connectivity index (χ1n) is 9.62. The maximum atomic E-state index is 13.6. The highest BCUT2D eigenvalue weighted by Gasteiger charge is 2.46. The van der Waals surface area contributed by atoms with Crippen LogP contribution in [0.4, 0.5) is 4.39 Å². The van der Waals surface area contributed by atoms with Crippen LogP contribution in [0, 0.1) is 12.7 Å². The van der Waals surface area contributed by atoms with E-state index in [-0.39, 0.29) is 17.9 Å². The van der Waals surface area contributed by atoms with Gasteiger partial charge in [-0.15, -0.1) is 0 Å². The number of aliphatic hydroxyl groups excluding tert-OH is 1. The zero-order valence-corrected chi connectivity index (χ0v) is 17.0. The van der Waals surface area contributed by atoms with Crippen LogP contribution in [-0.4, -0.2) is 28.8 Å². The van der Waals surface area contributed by atoms with E-state index in [4.69, 9.17) is 9.15 Å². The van der Waals surface area contributed by atoms with E-state index in [0.29, 0.717) is 22.6 Å². The molecule has 1 unspecified atom stereocenters. The highest BCUT2D eigenvalue weighted by molar-refractivity contribution is 6.46. The Morgan fingerprint density at radius 1 is 1.16 bits per heavy atom. The first kappa shape index (κ1) is 20.4. The van der Waals surface area contributed by atoms with E-state index in [1.165, 1.54) is 42.5 Å². The molecule has 6 nitrogen and oxygen atoms in total. The molecule has 2 heterocycles. The number of ether oxygens (including phenoxy) is 1. The summed E-state index contributed by atoms with van der Waals surface area (Å²) in [6.45, 7) is 1.85. The van der Waals surface area contributed by atoms with E-state index < -0.39 is 23.5 Å². The van der Waals surface area contributed by atoms with Crippen molar-refractivity contribution in [2.45, 2.75) is 19.5 Å². The molecule has 1 fully saturated rings. The van der Waals surface area contributed by atoms with Crippen molar-refractivity contribution in [1.82, 2.24) is 4.90 Å². The van der Waals surface area contributed by atoms with Crippen LogP contribution in [0.2, 0.25) is 0 Å². The van der Waals surface area contributed by atoms with Gasteiger partial charge in [0, 0.05) is 0 Å². The Labute approximate surface area is 178 Å². The van der Waals surface area contributed by atoms with Crippen LogP contribution in [0.3, 0.4) is 0 Å². The van der Waals surface area contributed by atoms with E-state index in [2.05, 4.69) is 0 Å². The first-order valence-corrected chi connectivity index (χ1v) is 9.62. The number of ketones is 1. The minimum absolute atomic E-state index is 0.0152. The van der Waals surface area contributed by atoms with Crippen molar-refractivity contribution in [3.8, 4) is 5.75 Å². The Morgan fingerprint density at radius 2 is 1.90 bits per heavy atom. The van der Waals surface area contributed by atoms with Gasteiger partial charge >= 0.3 is 0 Å². The number of carbonyl (C=O) groups is 2. The molecule has 4 rings (SSSR count). The van der Waals surface area contributed by atoms with Crippen LogP contribution >= 0.6 is 0 Å². The van der Waals surface area contributed by atoms with Crippen molar-refractivity contribution in [2.24, 2.45) is 0 Å². The van der Waals surface area contributed by atoms with E-state index in [1.807, 2.05) is 13.0 Å². The second-order valence-electron chi connectivity index (χ2n) is 7.26. The number of methoxy groups -OCH3 is 1. The predicted molar refractivity (Wildman–Crippen MR) is 111 cm³/mol. The van der Waals surface area contributed by atoms with Crippen molar-refractivity contribution < 1.29 is 28.2 Å². The summed E-state index contributed by atoms with van der Waals surface area (Å²) in [6, 6.07) is 13.1. The number of rotatable bonds is 5. The fraction of sp³-hybridized carbons (Fsp3) is 0.167. The molecule has 1 amide bonds. The second-order valence-corrected chi connectivity index (χ2v) is 7.26. The molecule has 1 saturated heterocycles. The molecule has 1 aliphatic heterocycles. The SMILES string of the molecule is COc1ccc(C)cc1/C(O)=C1\C(=O)C(=O)N(Cc2ccco2)C1c1ccc(F)cc1. The van der Waals surface area contributed by atoms with Crippen LogP contribution in [0.15, 0.2) is 70.9 Å². The summed E-state index contributed by atoms with van der Waals surface area (Å²) < 4.78 is 24.2. The molecule has 1 aromatic heterocycles. The molecular weight excluding hydrogens is 401 g/mol. The van der Waals surface area contributed by atoms with Crippen LogP contribution in [0.1, 0.15) is 28.5 Å². The lowest BCUT2D eigenvalue weighted by molar-refractivity contribution is -0.140. The summed E-state index contributed by atoms with van der Waals surface area (Å²) in [7, 11) is 1.45. The van der Waals surface area contributed by atoms with Crippen molar-refractivity contribution >= 4 is 17.4 Å². The van der Waals surface area contributed by atoms with E-state index in [9.17, 15) is 19.1 Å². The maximum absolute atomic E-state index is 13.6. The third-order valence-electron chi connectivity index (χ3n) is 5.24. The standard InChI is InChI=1S/C24H20FNO5/c1-14-5-10-19(30-2)18(12-14)22(27)20-21(15-6-8-16(25)9-7-15)26(24(29)23(20)28)13-17-4-3-11-31-17/h3-12,21,27H,13H2,1-2H3/b22-20+. The number of benzene rings is 2. The van der Waals surface area contributed by atoms with E-state index >= 15 is 0 Å². The largest absolute Gasteiger partial charge is 0.507 e. The molecule has 1 atom stereocenters. The Bertz CT molecular complexity index is 1170. The van der Waals surface area contributed by atoms with Crippen LogP contribution in [-0.2, 0) is 16.1 Å². The van der Waals surface area contributed by atoms with Crippen LogP contribution in [0.5, 0.6) is 5.75 Å². The molecule has 1 N–H and O–H groups in total. The molecule has 0 aliphatic carbocycles. The van der Waals surface area contributed by atoms with Crippen LogP contribution in [0.25, 0.3) is 5.76 Å². The van der Waals surface area contributed by atoms with Crippen molar-refractivity contribution in [3.63, 3.8) is 0 Å². The number of aryl methyl sites for hydroxylation is 1. The van der Waals surface area contributed by atoms with Crippen molar-refractivity contribution in [3.05, 3.63) is 94.7 Å². The molecule has 31 heavy (non-hydrogen) atoms. The van der Waals surface area contributed by atoms with Gasteiger partial charge in [0.15, 0.2) is 0 Å². The second kappa shape index (κ2) is 8.10. The van der Waals surface area contributed by atoms with Gasteiger partial charge in [-0.25, -0.2) is 4.39 Å². The summed E-state index contributed by atoms with van der Waals surface area (Å²) in [4.78, 5) is 27.3. The Kier molecular flexibility index (Phi) is 5.33. The fourth-order valence-electron chi connectivity index (χ4n) is 3.76. The smallest absolute Gasteiger partial charge is 0.296 e. The summed E-state index contributed by atoms with van der Waals surface area (Å²) >= 11 is 0. The molecule has 0 radical (unpaired) electrons. The average molecular weight is 421 g/mol. The average Bonchev–Trinajstić information content (AvgIpc) is 3.36. The van der Waals surface area contributed by atoms with Gasteiger partial charge in [0.05, 0.1) is 37.1 Å². The van der Waals surface area contributed by atoms with Gasteiger partial charge in [-0.3, -0.25) is 9.59 Å². The summed E-state index contributed by atoms with van der Waals surface area (Å²) in [6.07, 6.45) is 1.47. The number of amides is 1. The third-order valence-corrected chi connectivity index (χ3v) is 5.24. The van der Waals surface area contributed by atoms with Gasteiger partial charge in [0.25, 0.3) is 11.7 Å². The number of likely N-dealkylation sites (tertiary alicyclic amines) is 1. The lowest BCUT2D eigenvalue weighted by Gasteiger charge is -2.24. The normalized spacial score (nSPS) is 17.9. The Morgan fingerprint density at radius 3 is 2.55 bits per heavy atom. The summed E-state index contributed by atoms with van der Waals surface area (Å²) in [5.74, 6) is -1.58. The topological polar surface area (TPSA) is 80.0 Å². The summed E-state index contributed by atoms with van der Waals surface area (Å²) in [5, 5.41) is 11.2. The monoisotopic (exact) mass is 421 g/mol. The predicted octanol–water partition coefficient (Wildman–Crippen LogP) is 4.36. The molecule has 0 spiro atoms. The maximum Gasteiger partial charge on any atom is 0.296 e. The minimum Gasteiger partial charge on any atom is -0.507 e. The quantitative estimate of drug-likeness (QED) is 0.376. The zero-order chi connectivity index (χ0) is 22.1. The van der Waals surface area contributed by atoms with Gasteiger partial charge in [0.2, 0.25) is 0 Å². The molecular formula is C24H20FNO5. The molecule has 1 aliphatic rings. The Hall–Kier alpha value is -3.87. The van der Waals surface area contributed by atoms with E-state index in [0.717, 1.165) is 5.56 Å². The Balaban J connectivity index is 1.91. The number of hydrogen-bond acceptors (Lipinski definition) is 5. The number of Topliss-reactive ketones (excluding diaryl/α,β-unsaturated/α-hetero) is 1. The summed E-state index contributed by atoms with van der Waals surface area (Å²) in [5.41, 5.74) is 1.53. The molecule has 2 aromatic carbocycles. The molecule has 3 aromatic rings. The number of aliphatic hydroxyl groups is 1. The molecule has 7 heteroatoms. The van der Waals surface area contributed by atoms with Gasteiger partial charge in [-0.1, -0.05) is 23.8 Å². The number of furan rings is 1. The zero-order valence-electron chi connectivity index (χ0n) is 17.0.